The summed E-state index contributed by atoms with van der Waals surface area (Å²) in [6.45, 7) is 3.15. The largest absolute Gasteiger partial charge is 0.314 e. The van der Waals surface area contributed by atoms with E-state index in [0.29, 0.717) is 23.5 Å². The minimum atomic E-state index is -2.72. The van der Waals surface area contributed by atoms with Gasteiger partial charge in [0.1, 0.15) is 0 Å². The molecule has 0 aromatic rings. The van der Waals surface area contributed by atoms with E-state index in [1.807, 2.05) is 0 Å². The molecule has 1 aliphatic heterocycles. The van der Waals surface area contributed by atoms with Crippen LogP contribution in [0.3, 0.4) is 0 Å². The van der Waals surface area contributed by atoms with Crippen LogP contribution < -0.4 is 5.32 Å². The molecular weight excluding hydrogens is 258 g/mol. The summed E-state index contributed by atoms with van der Waals surface area (Å²) in [6, 6.07) is 0.534. The Morgan fingerprint density at radius 1 is 1.05 bits per heavy atom. The zero-order chi connectivity index (χ0) is 13.7. The van der Waals surface area contributed by atoms with E-state index in [9.17, 15) is 8.42 Å². The van der Waals surface area contributed by atoms with Crippen molar-refractivity contribution >= 4 is 9.84 Å². The third-order valence-corrected chi connectivity index (χ3v) is 6.62. The molecule has 2 unspecified atom stereocenters. The summed E-state index contributed by atoms with van der Waals surface area (Å²) in [4.78, 5) is 0. The molecule has 1 aliphatic carbocycles. The molecule has 0 amide bonds. The van der Waals surface area contributed by atoms with Crippen molar-refractivity contribution in [2.45, 2.75) is 64.3 Å². The topological polar surface area (TPSA) is 46.2 Å². The lowest BCUT2D eigenvalue weighted by atomic mass is 9.83. The lowest BCUT2D eigenvalue weighted by Gasteiger charge is -2.28. The van der Waals surface area contributed by atoms with Gasteiger partial charge in [0.2, 0.25) is 0 Å². The third-order valence-electron chi connectivity index (χ3n) is 4.78. The molecule has 0 spiro atoms. The Hall–Kier alpha value is -0.0900. The van der Waals surface area contributed by atoms with Crippen LogP contribution in [0.4, 0.5) is 0 Å². The van der Waals surface area contributed by atoms with Gasteiger partial charge in [-0.25, -0.2) is 8.42 Å². The van der Waals surface area contributed by atoms with Crippen molar-refractivity contribution in [3.63, 3.8) is 0 Å². The van der Waals surface area contributed by atoms with E-state index in [4.69, 9.17) is 0 Å². The maximum absolute atomic E-state index is 11.5. The van der Waals surface area contributed by atoms with Crippen molar-refractivity contribution in [3.8, 4) is 0 Å². The van der Waals surface area contributed by atoms with E-state index < -0.39 is 9.84 Å². The first kappa shape index (κ1) is 15.3. The second kappa shape index (κ2) is 7.07. The van der Waals surface area contributed by atoms with Gasteiger partial charge >= 0.3 is 0 Å². The van der Waals surface area contributed by atoms with Crippen LogP contribution in [0.2, 0.25) is 0 Å². The van der Waals surface area contributed by atoms with Crippen LogP contribution in [0.5, 0.6) is 0 Å². The molecule has 1 saturated carbocycles. The number of nitrogens with one attached hydrogen (secondary N) is 1. The van der Waals surface area contributed by atoms with Crippen LogP contribution in [0, 0.1) is 11.8 Å². The van der Waals surface area contributed by atoms with Gasteiger partial charge in [-0.3, -0.25) is 0 Å². The average molecular weight is 287 g/mol. The van der Waals surface area contributed by atoms with Gasteiger partial charge in [0.15, 0.2) is 9.84 Å². The zero-order valence-corrected chi connectivity index (χ0v) is 13.1. The van der Waals surface area contributed by atoms with Gasteiger partial charge in [-0.15, -0.1) is 0 Å². The summed E-state index contributed by atoms with van der Waals surface area (Å²) < 4.78 is 23.1. The molecule has 4 heteroatoms. The summed E-state index contributed by atoms with van der Waals surface area (Å²) in [6.07, 6.45) is 10.1. The van der Waals surface area contributed by atoms with E-state index in [2.05, 4.69) is 12.2 Å². The SMILES string of the molecule is CCNC(CC1CCCCC1)CC1CCS(=O)(=O)C1. The second-order valence-corrected chi connectivity index (χ2v) is 8.73. The van der Waals surface area contributed by atoms with Crippen molar-refractivity contribution in [3.05, 3.63) is 0 Å². The molecule has 0 aromatic carbocycles. The van der Waals surface area contributed by atoms with Crippen LogP contribution in [0.15, 0.2) is 0 Å². The van der Waals surface area contributed by atoms with Gasteiger partial charge < -0.3 is 5.32 Å². The lowest BCUT2D eigenvalue weighted by Crippen LogP contribution is -2.33. The maximum Gasteiger partial charge on any atom is 0.150 e. The highest BCUT2D eigenvalue weighted by Gasteiger charge is 2.30. The van der Waals surface area contributed by atoms with E-state index in [-0.39, 0.29) is 0 Å². The van der Waals surface area contributed by atoms with Crippen LogP contribution in [-0.4, -0.2) is 32.5 Å². The molecule has 1 N–H and O–H groups in total. The highest BCUT2D eigenvalue weighted by Crippen LogP contribution is 2.30. The summed E-state index contributed by atoms with van der Waals surface area (Å²) in [5.74, 6) is 2.12. The van der Waals surface area contributed by atoms with E-state index >= 15 is 0 Å². The first-order valence-electron chi connectivity index (χ1n) is 8.03. The normalized spacial score (nSPS) is 29.4. The predicted molar refractivity (Wildman–Crippen MR) is 80.0 cm³/mol. The van der Waals surface area contributed by atoms with E-state index in [1.54, 1.807) is 0 Å². The van der Waals surface area contributed by atoms with Gasteiger partial charge in [-0.1, -0.05) is 39.0 Å². The smallest absolute Gasteiger partial charge is 0.150 e. The molecule has 2 atom stereocenters. The summed E-state index contributed by atoms with van der Waals surface area (Å²) >= 11 is 0. The van der Waals surface area contributed by atoms with Crippen molar-refractivity contribution in [2.24, 2.45) is 11.8 Å². The van der Waals surface area contributed by atoms with E-state index in [0.717, 1.165) is 25.3 Å². The van der Waals surface area contributed by atoms with Gasteiger partial charge in [0, 0.05) is 6.04 Å². The lowest BCUT2D eigenvalue weighted by molar-refractivity contribution is 0.278. The number of hydrogen-bond acceptors (Lipinski definition) is 3. The van der Waals surface area contributed by atoms with Gasteiger partial charge in [-0.2, -0.15) is 0 Å². The van der Waals surface area contributed by atoms with Crippen LogP contribution in [0.1, 0.15) is 58.3 Å². The van der Waals surface area contributed by atoms with Crippen LogP contribution in [0.25, 0.3) is 0 Å². The molecule has 1 heterocycles. The Morgan fingerprint density at radius 3 is 2.32 bits per heavy atom. The fourth-order valence-electron chi connectivity index (χ4n) is 3.84. The fraction of sp³-hybridized carbons (Fsp3) is 1.00. The third kappa shape index (κ3) is 5.07. The van der Waals surface area contributed by atoms with Crippen molar-refractivity contribution in [1.82, 2.24) is 5.32 Å². The molecule has 1 saturated heterocycles. The Balaban J connectivity index is 1.81. The zero-order valence-electron chi connectivity index (χ0n) is 12.2. The molecular formula is C15H29NO2S. The number of rotatable bonds is 6. The Kier molecular flexibility index (Phi) is 5.70. The molecule has 2 aliphatic rings. The molecule has 19 heavy (non-hydrogen) atoms. The fourth-order valence-corrected chi connectivity index (χ4v) is 5.72. The monoisotopic (exact) mass is 287 g/mol. The van der Waals surface area contributed by atoms with Crippen molar-refractivity contribution in [2.75, 3.05) is 18.1 Å². The molecule has 0 bridgehead atoms. The maximum atomic E-state index is 11.5. The first-order valence-corrected chi connectivity index (χ1v) is 9.85. The summed E-state index contributed by atoms with van der Waals surface area (Å²) in [5, 5.41) is 3.59. The average Bonchev–Trinajstić information content (AvgIpc) is 2.70. The second-order valence-electron chi connectivity index (χ2n) is 6.50. The molecule has 2 fully saturated rings. The predicted octanol–water partition coefficient (Wildman–Crippen LogP) is 2.76. The first-order chi connectivity index (χ1) is 9.09. The molecule has 3 nitrogen and oxygen atoms in total. The van der Waals surface area contributed by atoms with Gasteiger partial charge in [-0.05, 0) is 37.6 Å². The molecule has 0 radical (unpaired) electrons. The van der Waals surface area contributed by atoms with Crippen LogP contribution in [-0.2, 0) is 9.84 Å². The van der Waals surface area contributed by atoms with Crippen molar-refractivity contribution in [1.29, 1.82) is 0 Å². The Labute approximate surface area is 118 Å². The van der Waals surface area contributed by atoms with Crippen LogP contribution >= 0.6 is 0 Å². The molecule has 2 rings (SSSR count). The summed E-state index contributed by atoms with van der Waals surface area (Å²) in [5.41, 5.74) is 0. The number of sulfone groups is 1. The molecule has 112 valence electrons. The minimum absolute atomic E-state index is 0.401. The molecule has 0 aromatic heterocycles. The summed E-state index contributed by atoms with van der Waals surface area (Å²) in [7, 11) is -2.72. The minimum Gasteiger partial charge on any atom is -0.314 e. The highest BCUT2D eigenvalue weighted by molar-refractivity contribution is 7.91. The van der Waals surface area contributed by atoms with Gasteiger partial charge in [0.05, 0.1) is 11.5 Å². The van der Waals surface area contributed by atoms with E-state index in [1.165, 1.54) is 38.5 Å². The number of hydrogen-bond donors (Lipinski definition) is 1. The van der Waals surface area contributed by atoms with Gasteiger partial charge in [0.25, 0.3) is 0 Å². The standard InChI is InChI=1S/C15H29NO2S/c1-2-16-15(10-13-6-4-3-5-7-13)11-14-8-9-19(17,18)12-14/h13-16H,2-12H2,1H3. The van der Waals surface area contributed by atoms with Crippen molar-refractivity contribution < 1.29 is 8.42 Å². The Bertz CT molecular complexity index is 360. The quantitative estimate of drug-likeness (QED) is 0.817. The highest BCUT2D eigenvalue weighted by atomic mass is 32.2. The Morgan fingerprint density at radius 2 is 1.74 bits per heavy atom.